The molecule has 0 bridgehead atoms. The predicted octanol–water partition coefficient (Wildman–Crippen LogP) is 3.63. The molecule has 1 aromatic heterocycles. The van der Waals surface area contributed by atoms with Crippen LogP contribution in [0.2, 0.25) is 0 Å². The third kappa shape index (κ3) is 3.40. The Morgan fingerprint density at radius 1 is 1.25 bits per heavy atom. The van der Waals surface area contributed by atoms with Gasteiger partial charge >= 0.3 is 0 Å². The quantitative estimate of drug-likeness (QED) is 0.877. The molecule has 1 aromatic carbocycles. The highest BCUT2D eigenvalue weighted by atomic mass is 19.1. The Bertz CT molecular complexity index is 602. The number of halogens is 2. The van der Waals surface area contributed by atoms with Crippen LogP contribution in [-0.2, 0) is 0 Å². The lowest BCUT2D eigenvalue weighted by Gasteiger charge is -2.11. The van der Waals surface area contributed by atoms with Gasteiger partial charge in [0.2, 0.25) is 5.95 Å². The van der Waals surface area contributed by atoms with Gasteiger partial charge in [0.05, 0.1) is 5.69 Å². The van der Waals surface area contributed by atoms with Gasteiger partial charge in [-0.05, 0) is 25.5 Å². The Hall–Kier alpha value is -2.24. The van der Waals surface area contributed by atoms with Crippen LogP contribution in [0.3, 0.4) is 0 Å². The largest absolute Gasteiger partial charge is 0.354 e. The molecule has 6 heteroatoms. The normalized spacial score (nSPS) is 10.4. The Balaban J connectivity index is 2.25. The Morgan fingerprint density at radius 2 is 2.05 bits per heavy atom. The summed E-state index contributed by atoms with van der Waals surface area (Å²) in [5, 5.41) is 5.84. The van der Waals surface area contributed by atoms with Gasteiger partial charge in [-0.1, -0.05) is 6.92 Å². The molecule has 2 aromatic rings. The second kappa shape index (κ2) is 6.27. The van der Waals surface area contributed by atoms with Crippen molar-refractivity contribution in [2.24, 2.45) is 0 Å². The number of aryl methyl sites for hydroxylation is 1. The van der Waals surface area contributed by atoms with Crippen molar-refractivity contribution in [2.45, 2.75) is 20.3 Å². The molecule has 4 nitrogen and oxygen atoms in total. The molecule has 0 atom stereocenters. The fraction of sp³-hybridized carbons (Fsp3) is 0.286. The lowest BCUT2D eigenvalue weighted by atomic mass is 10.2. The molecule has 2 rings (SSSR count). The van der Waals surface area contributed by atoms with E-state index in [0.717, 1.165) is 36.7 Å². The highest BCUT2D eigenvalue weighted by Crippen LogP contribution is 2.22. The molecule has 0 fully saturated rings. The first-order valence-corrected chi connectivity index (χ1v) is 6.39. The predicted molar refractivity (Wildman–Crippen MR) is 75.2 cm³/mol. The molecule has 0 spiro atoms. The summed E-state index contributed by atoms with van der Waals surface area (Å²) in [6.07, 6.45) is 2.57. The van der Waals surface area contributed by atoms with E-state index in [-0.39, 0.29) is 5.69 Å². The topological polar surface area (TPSA) is 49.8 Å². The van der Waals surface area contributed by atoms with E-state index in [1.165, 1.54) is 0 Å². The summed E-state index contributed by atoms with van der Waals surface area (Å²) in [4.78, 5) is 8.38. The third-order valence-electron chi connectivity index (χ3n) is 2.69. The summed E-state index contributed by atoms with van der Waals surface area (Å²) in [6.45, 7) is 4.57. The SMILES string of the molecule is CCCNc1ncc(C)c(Nc2cc(F)ccc2F)n1. The molecule has 2 N–H and O–H groups in total. The van der Waals surface area contributed by atoms with Crippen LogP contribution in [0, 0.1) is 18.6 Å². The fourth-order valence-corrected chi connectivity index (χ4v) is 1.61. The van der Waals surface area contributed by atoms with E-state index in [0.29, 0.717) is 11.8 Å². The second-order valence-electron chi connectivity index (χ2n) is 4.40. The third-order valence-corrected chi connectivity index (χ3v) is 2.69. The van der Waals surface area contributed by atoms with Crippen LogP contribution in [0.25, 0.3) is 0 Å². The van der Waals surface area contributed by atoms with E-state index in [1.54, 1.807) is 13.1 Å². The maximum atomic E-state index is 13.6. The van der Waals surface area contributed by atoms with E-state index in [4.69, 9.17) is 0 Å². The number of nitrogens with zero attached hydrogens (tertiary/aromatic N) is 2. The number of benzene rings is 1. The minimum absolute atomic E-state index is 0.0493. The fourth-order valence-electron chi connectivity index (χ4n) is 1.61. The van der Waals surface area contributed by atoms with E-state index in [9.17, 15) is 8.78 Å². The van der Waals surface area contributed by atoms with Gasteiger partial charge < -0.3 is 10.6 Å². The molecule has 0 aliphatic carbocycles. The maximum Gasteiger partial charge on any atom is 0.224 e. The van der Waals surface area contributed by atoms with Gasteiger partial charge in [0.15, 0.2) is 0 Å². The van der Waals surface area contributed by atoms with Crippen molar-refractivity contribution in [3.63, 3.8) is 0 Å². The summed E-state index contributed by atoms with van der Waals surface area (Å²) in [5.41, 5.74) is 0.795. The molecule has 106 valence electrons. The van der Waals surface area contributed by atoms with Crippen LogP contribution in [0.4, 0.5) is 26.2 Å². The summed E-state index contributed by atoms with van der Waals surface area (Å²) in [7, 11) is 0. The van der Waals surface area contributed by atoms with Crippen molar-refractivity contribution < 1.29 is 8.78 Å². The molecule has 0 amide bonds. The van der Waals surface area contributed by atoms with Crippen LogP contribution in [0.1, 0.15) is 18.9 Å². The zero-order valence-electron chi connectivity index (χ0n) is 11.4. The highest BCUT2D eigenvalue weighted by Gasteiger charge is 2.08. The van der Waals surface area contributed by atoms with Crippen LogP contribution in [0.5, 0.6) is 0 Å². The van der Waals surface area contributed by atoms with Crippen LogP contribution >= 0.6 is 0 Å². The maximum absolute atomic E-state index is 13.6. The summed E-state index contributed by atoms with van der Waals surface area (Å²) in [6, 6.07) is 3.24. The van der Waals surface area contributed by atoms with Gasteiger partial charge in [0.25, 0.3) is 0 Å². The van der Waals surface area contributed by atoms with Gasteiger partial charge in [-0.15, -0.1) is 0 Å². The highest BCUT2D eigenvalue weighted by molar-refractivity contribution is 5.60. The molecule has 20 heavy (non-hydrogen) atoms. The molecule has 1 heterocycles. The average Bonchev–Trinajstić information content (AvgIpc) is 2.43. The molecule has 0 aliphatic rings. The van der Waals surface area contributed by atoms with Gasteiger partial charge in [-0.25, -0.2) is 13.8 Å². The first-order chi connectivity index (χ1) is 9.60. The molecular formula is C14H16F2N4. The smallest absolute Gasteiger partial charge is 0.224 e. The van der Waals surface area contributed by atoms with Crippen LogP contribution in [0.15, 0.2) is 24.4 Å². The number of aromatic nitrogens is 2. The van der Waals surface area contributed by atoms with Gasteiger partial charge in [-0.3, -0.25) is 0 Å². The van der Waals surface area contributed by atoms with Crippen LogP contribution < -0.4 is 10.6 Å². The standard InChI is InChI=1S/C14H16F2N4/c1-3-6-17-14-18-8-9(2)13(20-14)19-12-7-10(15)4-5-11(12)16/h4-5,7-8H,3,6H2,1-2H3,(H2,17,18,19,20). The molecule has 0 unspecified atom stereocenters. The monoisotopic (exact) mass is 278 g/mol. The Labute approximate surface area is 116 Å². The number of anilines is 3. The van der Waals surface area contributed by atoms with Crippen molar-refractivity contribution in [2.75, 3.05) is 17.2 Å². The first-order valence-electron chi connectivity index (χ1n) is 6.39. The molecule has 0 saturated carbocycles. The minimum Gasteiger partial charge on any atom is -0.354 e. The van der Waals surface area contributed by atoms with E-state index < -0.39 is 11.6 Å². The average molecular weight is 278 g/mol. The minimum atomic E-state index is -0.535. The molecule has 0 aliphatic heterocycles. The van der Waals surface area contributed by atoms with Crippen LogP contribution in [-0.4, -0.2) is 16.5 Å². The van der Waals surface area contributed by atoms with Crippen molar-refractivity contribution in [3.8, 4) is 0 Å². The summed E-state index contributed by atoms with van der Waals surface area (Å²) in [5.74, 6) is -0.141. The van der Waals surface area contributed by atoms with E-state index in [1.807, 2.05) is 6.92 Å². The van der Waals surface area contributed by atoms with E-state index >= 15 is 0 Å². The van der Waals surface area contributed by atoms with Gasteiger partial charge in [0, 0.05) is 24.4 Å². The number of hydrogen-bond acceptors (Lipinski definition) is 4. The summed E-state index contributed by atoms with van der Waals surface area (Å²) >= 11 is 0. The van der Waals surface area contributed by atoms with Crippen molar-refractivity contribution in [3.05, 3.63) is 41.6 Å². The van der Waals surface area contributed by atoms with Gasteiger partial charge in [0.1, 0.15) is 17.5 Å². The number of nitrogens with one attached hydrogen (secondary N) is 2. The zero-order chi connectivity index (χ0) is 14.5. The number of rotatable bonds is 5. The Kier molecular flexibility index (Phi) is 4.45. The summed E-state index contributed by atoms with van der Waals surface area (Å²) < 4.78 is 26.7. The lowest BCUT2D eigenvalue weighted by Crippen LogP contribution is -2.07. The van der Waals surface area contributed by atoms with Gasteiger partial charge in [-0.2, -0.15) is 4.98 Å². The molecule has 0 radical (unpaired) electrons. The lowest BCUT2D eigenvalue weighted by molar-refractivity contribution is 0.603. The van der Waals surface area contributed by atoms with E-state index in [2.05, 4.69) is 20.6 Å². The molecule has 0 saturated heterocycles. The molecular weight excluding hydrogens is 262 g/mol. The first kappa shape index (κ1) is 14.2. The number of hydrogen-bond donors (Lipinski definition) is 2. The second-order valence-corrected chi connectivity index (χ2v) is 4.40. The van der Waals surface area contributed by atoms with Crippen molar-refractivity contribution >= 4 is 17.5 Å². The van der Waals surface area contributed by atoms with Crippen molar-refractivity contribution in [1.82, 2.24) is 9.97 Å². The van der Waals surface area contributed by atoms with Crippen molar-refractivity contribution in [1.29, 1.82) is 0 Å². The Morgan fingerprint density at radius 3 is 2.80 bits per heavy atom. The zero-order valence-corrected chi connectivity index (χ0v) is 11.4.